The summed E-state index contributed by atoms with van der Waals surface area (Å²) in [6.45, 7) is 6.98. The van der Waals surface area contributed by atoms with Gasteiger partial charge >= 0.3 is 0 Å². The van der Waals surface area contributed by atoms with Crippen LogP contribution in [-0.4, -0.2) is 22.1 Å². The molecule has 1 aliphatic rings. The lowest BCUT2D eigenvalue weighted by Gasteiger charge is -2.16. The van der Waals surface area contributed by atoms with Crippen molar-refractivity contribution in [2.24, 2.45) is 5.92 Å². The Labute approximate surface area is 169 Å². The first-order valence-corrected chi connectivity index (χ1v) is 9.91. The fourth-order valence-electron chi connectivity index (χ4n) is 3.36. The highest BCUT2D eigenvalue weighted by atomic mass is 19.1. The number of aryl methyl sites for hydroxylation is 3. The summed E-state index contributed by atoms with van der Waals surface area (Å²) in [5.74, 6) is -0.534. The van der Waals surface area contributed by atoms with Gasteiger partial charge in [-0.1, -0.05) is 17.7 Å². The highest BCUT2D eigenvalue weighted by molar-refractivity contribution is 6.04. The smallest absolute Gasteiger partial charge is 0.277 e. The van der Waals surface area contributed by atoms with Gasteiger partial charge in [-0.05, 0) is 57.2 Å². The number of carbonyl (C=O) groups is 1. The molecule has 1 amide bonds. The van der Waals surface area contributed by atoms with Crippen LogP contribution < -0.4 is 10.8 Å². The maximum atomic E-state index is 15.4. The van der Waals surface area contributed by atoms with Gasteiger partial charge in [0.2, 0.25) is 0 Å². The molecule has 1 aromatic heterocycles. The van der Waals surface area contributed by atoms with E-state index in [0.717, 1.165) is 29.7 Å². The number of imidazole rings is 1. The Morgan fingerprint density at radius 1 is 1.31 bits per heavy atom. The van der Waals surface area contributed by atoms with Gasteiger partial charge in [0.05, 0.1) is 29.7 Å². The van der Waals surface area contributed by atoms with Crippen LogP contribution in [0.15, 0.2) is 30.6 Å². The van der Waals surface area contributed by atoms with E-state index in [-0.39, 0.29) is 16.8 Å². The van der Waals surface area contributed by atoms with Gasteiger partial charge < -0.3 is 9.88 Å². The van der Waals surface area contributed by atoms with Crippen molar-refractivity contribution in [1.29, 1.82) is 0 Å². The van der Waals surface area contributed by atoms with Crippen LogP contribution in [0.25, 0.3) is 11.0 Å². The van der Waals surface area contributed by atoms with Crippen LogP contribution >= 0.6 is 0 Å². The molecular formula is C22H25FN4O2. The predicted molar refractivity (Wildman–Crippen MR) is 111 cm³/mol. The van der Waals surface area contributed by atoms with E-state index >= 15 is 4.39 Å². The van der Waals surface area contributed by atoms with Crippen molar-refractivity contribution in [3.63, 3.8) is 0 Å². The lowest BCUT2D eigenvalue weighted by atomic mass is 10.1. The lowest BCUT2D eigenvalue weighted by molar-refractivity contribution is 0.0271. The number of halogens is 1. The van der Waals surface area contributed by atoms with Crippen LogP contribution in [0.1, 0.15) is 41.3 Å². The van der Waals surface area contributed by atoms with Crippen LogP contribution in [0.4, 0.5) is 15.8 Å². The number of amides is 1. The van der Waals surface area contributed by atoms with Crippen LogP contribution in [0.5, 0.6) is 0 Å². The zero-order valence-electron chi connectivity index (χ0n) is 16.9. The molecule has 0 unspecified atom stereocenters. The summed E-state index contributed by atoms with van der Waals surface area (Å²) in [7, 11) is 0. The highest BCUT2D eigenvalue weighted by Gasteiger charge is 2.24. The monoisotopic (exact) mass is 396 g/mol. The average molecular weight is 396 g/mol. The lowest BCUT2D eigenvalue weighted by Crippen LogP contribution is -2.26. The van der Waals surface area contributed by atoms with Crippen LogP contribution in [0.2, 0.25) is 0 Å². The van der Waals surface area contributed by atoms with E-state index in [1.807, 2.05) is 39.0 Å². The van der Waals surface area contributed by atoms with Crippen molar-refractivity contribution in [1.82, 2.24) is 15.0 Å². The standard InChI is InChI=1S/C22H25FN4O2/c1-4-27-12-24-21-18(27)10-16(22(28)26-29-11-15-6-7-15)20(19(21)23)25-17-8-5-13(2)9-14(17)3/h5,8-10,12,15,25H,4,6-7,11H2,1-3H3,(H,26,28). The maximum absolute atomic E-state index is 15.4. The van der Waals surface area contributed by atoms with Crippen molar-refractivity contribution in [2.75, 3.05) is 11.9 Å². The molecule has 2 N–H and O–H groups in total. The minimum absolute atomic E-state index is 0.0957. The van der Waals surface area contributed by atoms with E-state index in [1.165, 1.54) is 0 Å². The highest BCUT2D eigenvalue weighted by Crippen LogP contribution is 2.32. The molecule has 1 fully saturated rings. The van der Waals surface area contributed by atoms with Gasteiger partial charge in [0, 0.05) is 12.2 Å². The molecule has 0 radical (unpaired) electrons. The van der Waals surface area contributed by atoms with E-state index in [1.54, 1.807) is 17.0 Å². The number of aromatic nitrogens is 2. The Bertz CT molecular complexity index is 1070. The minimum atomic E-state index is -0.554. The minimum Gasteiger partial charge on any atom is -0.352 e. The molecule has 29 heavy (non-hydrogen) atoms. The van der Waals surface area contributed by atoms with E-state index in [9.17, 15) is 4.79 Å². The molecule has 1 aliphatic carbocycles. The summed E-state index contributed by atoms with van der Waals surface area (Å²) in [6.07, 6.45) is 3.82. The number of anilines is 2. The third kappa shape index (κ3) is 3.96. The molecule has 2 aromatic carbocycles. The van der Waals surface area contributed by atoms with Crippen LogP contribution in [0.3, 0.4) is 0 Å². The Morgan fingerprint density at radius 2 is 2.10 bits per heavy atom. The van der Waals surface area contributed by atoms with Gasteiger partial charge in [0.15, 0.2) is 5.82 Å². The molecular weight excluding hydrogens is 371 g/mol. The number of rotatable bonds is 7. The topological polar surface area (TPSA) is 68.2 Å². The molecule has 7 heteroatoms. The Hall–Kier alpha value is -2.93. The second-order valence-corrected chi connectivity index (χ2v) is 7.64. The SMILES string of the molecule is CCn1cnc2c(F)c(Nc3ccc(C)cc3C)c(C(=O)NOCC3CC3)cc21. The fourth-order valence-corrected chi connectivity index (χ4v) is 3.36. The Morgan fingerprint density at radius 3 is 2.79 bits per heavy atom. The zero-order valence-corrected chi connectivity index (χ0v) is 16.9. The Balaban J connectivity index is 1.74. The quantitative estimate of drug-likeness (QED) is 0.572. The number of hydrogen-bond acceptors (Lipinski definition) is 4. The normalized spacial score (nSPS) is 13.7. The Kier molecular flexibility index (Phi) is 5.24. The van der Waals surface area contributed by atoms with Crippen molar-refractivity contribution in [3.05, 3.63) is 53.1 Å². The van der Waals surface area contributed by atoms with Gasteiger partial charge in [-0.15, -0.1) is 0 Å². The first-order valence-electron chi connectivity index (χ1n) is 9.91. The molecule has 4 rings (SSSR count). The van der Waals surface area contributed by atoms with Gasteiger partial charge in [0.1, 0.15) is 5.52 Å². The van der Waals surface area contributed by atoms with E-state index in [0.29, 0.717) is 24.6 Å². The van der Waals surface area contributed by atoms with Crippen molar-refractivity contribution in [3.8, 4) is 0 Å². The van der Waals surface area contributed by atoms with Gasteiger partial charge in [-0.25, -0.2) is 14.9 Å². The second kappa shape index (κ2) is 7.83. The molecule has 152 valence electrons. The predicted octanol–water partition coefficient (Wildman–Crippen LogP) is 4.63. The zero-order chi connectivity index (χ0) is 20.5. The first-order chi connectivity index (χ1) is 14.0. The van der Waals surface area contributed by atoms with E-state index < -0.39 is 11.7 Å². The van der Waals surface area contributed by atoms with Gasteiger partial charge in [0.25, 0.3) is 5.91 Å². The first kappa shape index (κ1) is 19.4. The summed E-state index contributed by atoms with van der Waals surface area (Å²) < 4.78 is 17.2. The van der Waals surface area contributed by atoms with Crippen molar-refractivity contribution >= 4 is 28.3 Å². The molecule has 3 aromatic rings. The number of benzene rings is 2. The van der Waals surface area contributed by atoms with Crippen LogP contribution in [-0.2, 0) is 11.4 Å². The molecule has 0 saturated heterocycles. The third-order valence-electron chi connectivity index (χ3n) is 5.26. The van der Waals surface area contributed by atoms with E-state index in [2.05, 4.69) is 15.8 Å². The largest absolute Gasteiger partial charge is 0.352 e. The summed E-state index contributed by atoms with van der Waals surface area (Å²) in [5.41, 5.74) is 6.35. The maximum Gasteiger partial charge on any atom is 0.277 e. The molecule has 1 saturated carbocycles. The van der Waals surface area contributed by atoms with E-state index in [4.69, 9.17) is 4.84 Å². The van der Waals surface area contributed by atoms with Crippen molar-refractivity contribution < 1.29 is 14.0 Å². The third-order valence-corrected chi connectivity index (χ3v) is 5.26. The van der Waals surface area contributed by atoms with Crippen LogP contribution in [0, 0.1) is 25.6 Å². The number of nitrogens with zero attached hydrogens (tertiary/aromatic N) is 2. The summed E-state index contributed by atoms with van der Waals surface area (Å²) in [5, 5.41) is 3.11. The molecule has 1 heterocycles. The summed E-state index contributed by atoms with van der Waals surface area (Å²) in [4.78, 5) is 22.4. The molecule has 0 bridgehead atoms. The summed E-state index contributed by atoms with van der Waals surface area (Å²) >= 11 is 0. The molecule has 0 spiro atoms. The molecule has 0 aliphatic heterocycles. The number of hydroxylamine groups is 1. The summed E-state index contributed by atoms with van der Waals surface area (Å²) in [6, 6.07) is 7.49. The number of fused-ring (bicyclic) bond motifs is 1. The molecule has 0 atom stereocenters. The van der Waals surface area contributed by atoms with Gasteiger partial charge in [-0.2, -0.15) is 0 Å². The average Bonchev–Trinajstić information content (AvgIpc) is 3.42. The van der Waals surface area contributed by atoms with Crippen molar-refractivity contribution in [2.45, 2.75) is 40.2 Å². The second-order valence-electron chi connectivity index (χ2n) is 7.64. The number of carbonyl (C=O) groups excluding carboxylic acids is 1. The number of nitrogens with one attached hydrogen (secondary N) is 2. The fraction of sp³-hybridized carbons (Fsp3) is 0.364. The number of hydrogen-bond donors (Lipinski definition) is 2. The van der Waals surface area contributed by atoms with Gasteiger partial charge in [-0.3, -0.25) is 9.63 Å². The molecule has 6 nitrogen and oxygen atoms in total.